The molecule has 3 heterocycles. The van der Waals surface area contributed by atoms with Crippen LogP contribution in [0.15, 0.2) is 17.4 Å². The van der Waals surface area contributed by atoms with Crippen molar-refractivity contribution in [3.63, 3.8) is 0 Å². The fraction of sp³-hybridized carbons (Fsp3) is 0.400. The molecule has 0 unspecified atom stereocenters. The molecule has 0 aliphatic carbocycles. The number of ether oxygens (including phenoxy) is 1. The number of carbonyl (C=O) groups is 2. The summed E-state index contributed by atoms with van der Waals surface area (Å²) in [5.74, 6) is -0.153. The Morgan fingerprint density at radius 3 is 2.69 bits per heavy atom. The Hall–Kier alpha value is -1.97. The number of fused-ring (bicyclic) bond motifs is 1. The van der Waals surface area contributed by atoms with Crippen LogP contribution in [0.3, 0.4) is 0 Å². The van der Waals surface area contributed by atoms with E-state index in [9.17, 15) is 9.59 Å². The number of thiophene rings is 2. The Labute approximate surface area is 182 Å². The number of aromatic nitrogens is 2. The van der Waals surface area contributed by atoms with Gasteiger partial charge in [-0.3, -0.25) is 4.79 Å². The molecule has 0 bridgehead atoms. The molecule has 3 aromatic heterocycles. The molecule has 29 heavy (non-hydrogen) atoms. The molecule has 0 aliphatic heterocycles. The molecule has 154 valence electrons. The molecule has 1 N–H and O–H groups in total. The average molecular weight is 450 g/mol. The summed E-state index contributed by atoms with van der Waals surface area (Å²) in [6.07, 6.45) is 1.53. The zero-order valence-corrected chi connectivity index (χ0v) is 19.4. The molecular formula is C20H23N3O3S3. The highest BCUT2D eigenvalue weighted by atomic mass is 32.2. The summed E-state index contributed by atoms with van der Waals surface area (Å²) in [5, 5.41) is 5.23. The Kier molecular flexibility index (Phi) is 6.92. The van der Waals surface area contributed by atoms with E-state index in [1.807, 2.05) is 26.8 Å². The van der Waals surface area contributed by atoms with Gasteiger partial charge < -0.3 is 10.1 Å². The average Bonchev–Trinajstić information content (AvgIpc) is 3.22. The Morgan fingerprint density at radius 1 is 1.24 bits per heavy atom. The first-order valence-electron chi connectivity index (χ1n) is 9.26. The van der Waals surface area contributed by atoms with Crippen molar-refractivity contribution in [3.05, 3.63) is 33.3 Å². The molecule has 0 saturated heterocycles. The van der Waals surface area contributed by atoms with Crippen molar-refractivity contribution in [2.45, 2.75) is 45.6 Å². The summed E-state index contributed by atoms with van der Waals surface area (Å²) in [7, 11) is 0. The van der Waals surface area contributed by atoms with E-state index in [4.69, 9.17) is 4.74 Å². The van der Waals surface area contributed by atoms with Crippen LogP contribution in [0.25, 0.3) is 10.2 Å². The van der Waals surface area contributed by atoms with E-state index in [1.54, 1.807) is 18.3 Å². The van der Waals surface area contributed by atoms with Crippen LogP contribution in [0.2, 0.25) is 0 Å². The van der Waals surface area contributed by atoms with E-state index in [0.717, 1.165) is 25.7 Å². The maximum Gasteiger partial charge on any atom is 0.341 e. The number of hydrogen-bond acceptors (Lipinski definition) is 8. The quantitative estimate of drug-likeness (QED) is 0.295. The summed E-state index contributed by atoms with van der Waals surface area (Å²) in [6.45, 7) is 10.3. The van der Waals surface area contributed by atoms with Gasteiger partial charge in [0.1, 0.15) is 21.2 Å². The van der Waals surface area contributed by atoms with E-state index in [-0.39, 0.29) is 24.2 Å². The molecule has 6 nitrogen and oxygen atoms in total. The van der Waals surface area contributed by atoms with Gasteiger partial charge in [0.05, 0.1) is 17.9 Å². The largest absolute Gasteiger partial charge is 0.462 e. The first-order chi connectivity index (χ1) is 13.8. The van der Waals surface area contributed by atoms with E-state index in [2.05, 4.69) is 22.2 Å². The topological polar surface area (TPSA) is 81.2 Å². The fourth-order valence-electron chi connectivity index (χ4n) is 2.70. The predicted molar refractivity (Wildman–Crippen MR) is 121 cm³/mol. The van der Waals surface area contributed by atoms with Crippen LogP contribution in [0.4, 0.5) is 5.00 Å². The molecular weight excluding hydrogens is 426 g/mol. The van der Waals surface area contributed by atoms with Crippen LogP contribution in [-0.4, -0.2) is 34.2 Å². The fourth-order valence-corrected chi connectivity index (χ4v) is 5.69. The maximum absolute atomic E-state index is 12.6. The number of anilines is 1. The number of amides is 1. The second kappa shape index (κ2) is 9.23. The summed E-state index contributed by atoms with van der Waals surface area (Å²) in [6, 6.07) is 1.81. The first-order valence-corrected chi connectivity index (χ1v) is 11.9. The van der Waals surface area contributed by atoms with Crippen molar-refractivity contribution >= 4 is 61.5 Å². The van der Waals surface area contributed by atoms with Gasteiger partial charge in [-0.05, 0) is 38.3 Å². The van der Waals surface area contributed by atoms with Crippen molar-refractivity contribution in [1.29, 1.82) is 0 Å². The summed E-state index contributed by atoms with van der Waals surface area (Å²) < 4.78 is 5.13. The van der Waals surface area contributed by atoms with Crippen LogP contribution in [-0.2, 0) is 9.53 Å². The zero-order chi connectivity index (χ0) is 21.1. The number of hydrogen-bond donors (Lipinski definition) is 1. The lowest BCUT2D eigenvalue weighted by atomic mass is 10.1. The van der Waals surface area contributed by atoms with Crippen molar-refractivity contribution in [1.82, 2.24) is 9.97 Å². The lowest BCUT2D eigenvalue weighted by Gasteiger charge is -2.06. The van der Waals surface area contributed by atoms with Crippen LogP contribution >= 0.6 is 34.4 Å². The summed E-state index contributed by atoms with van der Waals surface area (Å²) in [4.78, 5) is 36.7. The van der Waals surface area contributed by atoms with E-state index in [1.165, 1.54) is 34.3 Å². The lowest BCUT2D eigenvalue weighted by molar-refractivity contribution is -0.113. The molecule has 0 atom stereocenters. The van der Waals surface area contributed by atoms with Gasteiger partial charge in [0.25, 0.3) is 0 Å². The van der Waals surface area contributed by atoms with Gasteiger partial charge in [0, 0.05) is 15.1 Å². The first kappa shape index (κ1) is 21.7. The van der Waals surface area contributed by atoms with Crippen LogP contribution in [0.5, 0.6) is 0 Å². The van der Waals surface area contributed by atoms with Gasteiger partial charge in [0.2, 0.25) is 5.91 Å². The van der Waals surface area contributed by atoms with E-state index >= 15 is 0 Å². The highest BCUT2D eigenvalue weighted by molar-refractivity contribution is 8.00. The van der Waals surface area contributed by atoms with Crippen molar-refractivity contribution in [2.24, 2.45) is 0 Å². The number of thioether (sulfide) groups is 1. The van der Waals surface area contributed by atoms with Gasteiger partial charge in [-0.25, -0.2) is 14.8 Å². The summed E-state index contributed by atoms with van der Waals surface area (Å²) in [5.41, 5.74) is 1.56. The predicted octanol–water partition coefficient (Wildman–Crippen LogP) is 5.40. The molecule has 0 fully saturated rings. The summed E-state index contributed by atoms with van der Waals surface area (Å²) >= 11 is 4.42. The minimum absolute atomic E-state index is 0.186. The van der Waals surface area contributed by atoms with Crippen LogP contribution in [0.1, 0.15) is 52.4 Å². The Balaban J connectivity index is 1.76. The third-order valence-corrected chi connectivity index (χ3v) is 7.79. The molecule has 0 saturated carbocycles. The number of carbonyl (C=O) groups excluding carboxylic acids is 2. The van der Waals surface area contributed by atoms with Gasteiger partial charge in [-0.2, -0.15) is 0 Å². The molecule has 0 radical (unpaired) electrons. The Morgan fingerprint density at radius 2 is 2.00 bits per heavy atom. The van der Waals surface area contributed by atoms with Gasteiger partial charge in [-0.1, -0.05) is 25.6 Å². The van der Waals surface area contributed by atoms with Crippen molar-refractivity contribution < 1.29 is 14.3 Å². The molecule has 0 spiro atoms. The highest BCUT2D eigenvalue weighted by Gasteiger charge is 2.21. The molecule has 3 aromatic rings. The molecule has 0 aromatic carbocycles. The number of nitrogens with one attached hydrogen (secondary N) is 1. The molecule has 3 rings (SSSR count). The molecule has 9 heteroatoms. The van der Waals surface area contributed by atoms with E-state index < -0.39 is 5.97 Å². The maximum atomic E-state index is 12.6. The Bertz CT molecular complexity index is 1060. The van der Waals surface area contributed by atoms with Gasteiger partial charge >= 0.3 is 5.97 Å². The molecule has 0 aliphatic rings. The SMILES string of the molecule is CCOC(=O)c1cc(C(C)C)sc1NC(=O)CSc1ncnc2sc(C)c(C)c12. The highest BCUT2D eigenvalue weighted by Crippen LogP contribution is 2.36. The monoisotopic (exact) mass is 449 g/mol. The van der Waals surface area contributed by atoms with Crippen molar-refractivity contribution in [2.75, 3.05) is 17.7 Å². The lowest BCUT2D eigenvalue weighted by Crippen LogP contribution is -2.16. The zero-order valence-electron chi connectivity index (χ0n) is 17.0. The smallest absolute Gasteiger partial charge is 0.341 e. The number of aryl methyl sites for hydroxylation is 2. The van der Waals surface area contributed by atoms with E-state index in [0.29, 0.717) is 10.6 Å². The normalized spacial score (nSPS) is 11.2. The standard InChI is InChI=1S/C20H23N3O3S3/c1-6-26-20(25)13-7-14(10(2)3)29-17(13)23-15(24)8-27-18-16-11(4)12(5)28-19(16)22-9-21-18/h7,9-10H,6,8H2,1-5H3,(H,23,24). The van der Waals surface area contributed by atoms with Gasteiger partial charge in [-0.15, -0.1) is 22.7 Å². The number of esters is 1. The van der Waals surface area contributed by atoms with Gasteiger partial charge in [0.15, 0.2) is 0 Å². The number of nitrogens with zero attached hydrogens (tertiary/aromatic N) is 2. The number of rotatable bonds is 7. The van der Waals surface area contributed by atoms with Crippen LogP contribution in [0, 0.1) is 13.8 Å². The van der Waals surface area contributed by atoms with Crippen molar-refractivity contribution in [3.8, 4) is 0 Å². The second-order valence-corrected chi connectivity index (χ2v) is 10.00. The third kappa shape index (κ3) is 4.79. The third-order valence-electron chi connectivity index (χ3n) is 4.34. The minimum Gasteiger partial charge on any atom is -0.462 e. The molecule has 1 amide bonds. The minimum atomic E-state index is -0.416. The second-order valence-electron chi connectivity index (χ2n) is 6.75. The van der Waals surface area contributed by atoms with Crippen LogP contribution < -0.4 is 5.32 Å².